The van der Waals surface area contributed by atoms with Crippen molar-refractivity contribution in [1.82, 2.24) is 31.5 Å². The Morgan fingerprint density at radius 1 is 0.745 bits per heavy atom. The van der Waals surface area contributed by atoms with Gasteiger partial charge in [0.1, 0.15) is 0 Å². The molecule has 0 radical (unpaired) electrons. The summed E-state index contributed by atoms with van der Waals surface area (Å²) in [6.45, 7) is 10.3. The van der Waals surface area contributed by atoms with Crippen LogP contribution in [0.5, 0.6) is 0 Å². The van der Waals surface area contributed by atoms with Crippen LogP contribution in [0.15, 0.2) is 0 Å². The summed E-state index contributed by atoms with van der Waals surface area (Å²) in [5.74, 6) is 1.01. The average molecular weight is 687 g/mol. The molecule has 2 saturated heterocycles. The molecule has 0 aliphatic carbocycles. The number of amides is 5. The maximum Gasteiger partial charge on any atom is 0.315 e. The van der Waals surface area contributed by atoms with Gasteiger partial charge in [0.05, 0.1) is 38.5 Å². The summed E-state index contributed by atoms with van der Waals surface area (Å²) in [5.41, 5.74) is 0. The fraction of sp³-hybridized carbons (Fsp3) is 0.879. The number of hydrogen-bond acceptors (Lipinski definition) is 9. The van der Waals surface area contributed by atoms with E-state index in [1.165, 1.54) is 0 Å². The number of rotatable bonds is 29. The van der Waals surface area contributed by atoms with E-state index in [1.54, 1.807) is 0 Å². The van der Waals surface area contributed by atoms with E-state index in [1.807, 2.05) is 11.8 Å². The summed E-state index contributed by atoms with van der Waals surface area (Å²) in [6.07, 6.45) is 8.15. The third-order valence-electron chi connectivity index (χ3n) is 8.35. The lowest BCUT2D eigenvalue weighted by Gasteiger charge is -2.20. The molecule has 47 heavy (non-hydrogen) atoms. The van der Waals surface area contributed by atoms with Crippen molar-refractivity contribution in [2.24, 2.45) is 0 Å². The fourth-order valence-corrected chi connectivity index (χ4v) is 6.81. The maximum absolute atomic E-state index is 12.0. The fourth-order valence-electron chi connectivity index (χ4n) is 5.27. The van der Waals surface area contributed by atoms with Gasteiger partial charge in [-0.3, -0.25) is 14.4 Å². The van der Waals surface area contributed by atoms with Crippen molar-refractivity contribution in [2.75, 3.05) is 78.6 Å². The van der Waals surface area contributed by atoms with Gasteiger partial charge >= 0.3 is 6.03 Å². The van der Waals surface area contributed by atoms with Crippen molar-refractivity contribution in [3.63, 3.8) is 0 Å². The molecule has 0 saturated carbocycles. The van der Waals surface area contributed by atoms with Crippen molar-refractivity contribution in [2.45, 2.75) is 108 Å². The second-order valence-electron chi connectivity index (χ2n) is 12.6. The highest BCUT2D eigenvalue weighted by Crippen LogP contribution is 2.33. The number of ether oxygens (including phenoxy) is 3. The van der Waals surface area contributed by atoms with Crippen LogP contribution in [0.2, 0.25) is 0 Å². The number of urea groups is 1. The molecule has 0 aromatic rings. The summed E-state index contributed by atoms with van der Waals surface area (Å²) < 4.78 is 16.6. The Morgan fingerprint density at radius 2 is 1.28 bits per heavy atom. The lowest BCUT2D eigenvalue weighted by atomic mass is 10.0. The summed E-state index contributed by atoms with van der Waals surface area (Å²) in [4.78, 5) is 49.7. The summed E-state index contributed by atoms with van der Waals surface area (Å²) in [5, 5.41) is 15.2. The molecule has 13 nitrogen and oxygen atoms in total. The van der Waals surface area contributed by atoms with E-state index >= 15 is 0 Å². The molecule has 0 bridgehead atoms. The smallest absolute Gasteiger partial charge is 0.315 e. The zero-order valence-electron chi connectivity index (χ0n) is 29.1. The van der Waals surface area contributed by atoms with Gasteiger partial charge in [0, 0.05) is 69.2 Å². The molecule has 2 aliphatic heterocycles. The zero-order valence-corrected chi connectivity index (χ0v) is 29.9. The number of thioether (sulfide) groups is 1. The molecule has 3 atom stereocenters. The number of nitrogens with one attached hydrogen (secondary N) is 5. The topological polar surface area (TPSA) is 159 Å². The van der Waals surface area contributed by atoms with Gasteiger partial charge in [-0.15, -0.1) is 0 Å². The highest BCUT2D eigenvalue weighted by atomic mass is 32.2. The highest BCUT2D eigenvalue weighted by Gasteiger charge is 2.42. The highest BCUT2D eigenvalue weighted by molar-refractivity contribution is 8.00. The van der Waals surface area contributed by atoms with Gasteiger partial charge in [-0.1, -0.05) is 6.42 Å². The molecule has 5 amide bonds. The van der Waals surface area contributed by atoms with Gasteiger partial charge in [0.15, 0.2) is 0 Å². The largest absolute Gasteiger partial charge is 0.379 e. The molecule has 2 fully saturated rings. The number of carbonyl (C=O) groups is 4. The van der Waals surface area contributed by atoms with Gasteiger partial charge in [0.25, 0.3) is 0 Å². The minimum atomic E-state index is -0.0580. The molecule has 0 aromatic heterocycles. The van der Waals surface area contributed by atoms with Gasteiger partial charge in [0.2, 0.25) is 17.7 Å². The minimum Gasteiger partial charge on any atom is -0.379 e. The Labute approximate surface area is 286 Å². The van der Waals surface area contributed by atoms with Crippen molar-refractivity contribution in [3.8, 4) is 0 Å². The monoisotopic (exact) mass is 686 g/mol. The molecular weight excluding hydrogens is 624 g/mol. The van der Waals surface area contributed by atoms with Crippen molar-refractivity contribution in [3.05, 3.63) is 0 Å². The van der Waals surface area contributed by atoms with E-state index in [4.69, 9.17) is 14.2 Å². The van der Waals surface area contributed by atoms with E-state index in [2.05, 4.69) is 52.4 Å². The summed E-state index contributed by atoms with van der Waals surface area (Å²) in [7, 11) is 2.11. The van der Waals surface area contributed by atoms with Crippen LogP contribution in [0.25, 0.3) is 0 Å². The normalized spacial score (nSPS) is 18.7. The third kappa shape index (κ3) is 20.1. The molecule has 2 aliphatic rings. The Kier molecular flexibility index (Phi) is 22.6. The molecule has 0 spiro atoms. The number of nitrogens with zero attached hydrogens (tertiary/aromatic N) is 1. The Balaban J connectivity index is 1.24. The SMILES string of the molecule is CC(C)N(C)CCCCNC(=O)CCCC(=O)NCCCOCCOCCOCCCNC(=O)CCCC[C@@H]1SC[C@@H]2NC(=O)N[C@@H]21. The first kappa shape index (κ1) is 41.0. The quantitative estimate of drug-likeness (QED) is 0.0588. The van der Waals surface area contributed by atoms with E-state index < -0.39 is 0 Å². The van der Waals surface area contributed by atoms with E-state index in [9.17, 15) is 19.2 Å². The van der Waals surface area contributed by atoms with Crippen LogP contribution in [0.3, 0.4) is 0 Å². The number of carbonyl (C=O) groups excluding carboxylic acids is 4. The van der Waals surface area contributed by atoms with Gasteiger partial charge in [-0.25, -0.2) is 4.79 Å². The van der Waals surface area contributed by atoms with Gasteiger partial charge < -0.3 is 45.7 Å². The predicted molar refractivity (Wildman–Crippen MR) is 186 cm³/mol. The Morgan fingerprint density at radius 3 is 1.85 bits per heavy atom. The van der Waals surface area contributed by atoms with Crippen LogP contribution in [0, 0.1) is 0 Å². The number of unbranched alkanes of at least 4 members (excludes halogenated alkanes) is 2. The van der Waals surface area contributed by atoms with Gasteiger partial charge in [-0.05, 0) is 72.4 Å². The Hall–Kier alpha value is -2.13. The van der Waals surface area contributed by atoms with Crippen LogP contribution in [-0.4, -0.2) is 131 Å². The molecule has 0 aromatic carbocycles. The van der Waals surface area contributed by atoms with Gasteiger partial charge in [-0.2, -0.15) is 11.8 Å². The van der Waals surface area contributed by atoms with Crippen LogP contribution in [-0.2, 0) is 28.6 Å². The van der Waals surface area contributed by atoms with Crippen LogP contribution in [0.4, 0.5) is 4.79 Å². The molecule has 2 rings (SSSR count). The Bertz CT molecular complexity index is 900. The number of fused-ring (bicyclic) bond motifs is 1. The minimum absolute atomic E-state index is 0.00840. The first-order chi connectivity index (χ1) is 22.8. The van der Waals surface area contributed by atoms with Crippen LogP contribution < -0.4 is 26.6 Å². The van der Waals surface area contributed by atoms with E-state index in [0.717, 1.165) is 57.2 Å². The molecular formula is C33H62N6O7S. The van der Waals surface area contributed by atoms with Crippen molar-refractivity contribution >= 4 is 35.5 Å². The van der Waals surface area contributed by atoms with Crippen LogP contribution in [0.1, 0.15) is 84.5 Å². The molecule has 2 heterocycles. The second-order valence-corrected chi connectivity index (χ2v) is 13.9. The second kappa shape index (κ2) is 25.8. The predicted octanol–water partition coefficient (Wildman–Crippen LogP) is 2.18. The summed E-state index contributed by atoms with van der Waals surface area (Å²) >= 11 is 1.91. The molecule has 14 heteroatoms. The molecule has 272 valence electrons. The van der Waals surface area contributed by atoms with Crippen LogP contribution >= 0.6 is 11.8 Å². The van der Waals surface area contributed by atoms with E-state index in [0.29, 0.717) is 96.3 Å². The molecule has 5 N–H and O–H groups in total. The average Bonchev–Trinajstić information content (AvgIpc) is 3.59. The standard InChI is InChI=1S/C33H62N6O7S/c1-26(2)39(3)18-7-6-15-34-30(41)13-8-14-31(42)36-17-10-20-45-22-24-46-23-21-44-19-9-16-35-29(40)12-5-4-11-28-32-27(25-47-28)37-33(43)38-32/h26-28,32H,4-25H2,1-3H3,(H,34,41)(H,35,40)(H,36,42)(H2,37,38,43)/t27-,28-,32-/m0/s1. The zero-order chi connectivity index (χ0) is 34.1. The molecule has 0 unspecified atom stereocenters. The maximum atomic E-state index is 12.0. The lowest BCUT2D eigenvalue weighted by Crippen LogP contribution is -2.36. The van der Waals surface area contributed by atoms with Crippen molar-refractivity contribution < 1.29 is 33.4 Å². The first-order valence-electron chi connectivity index (χ1n) is 17.7. The first-order valence-corrected chi connectivity index (χ1v) is 18.7. The number of hydrogen-bond donors (Lipinski definition) is 5. The lowest BCUT2D eigenvalue weighted by molar-refractivity contribution is -0.123. The van der Waals surface area contributed by atoms with E-state index in [-0.39, 0.29) is 35.8 Å². The van der Waals surface area contributed by atoms with Crippen molar-refractivity contribution in [1.29, 1.82) is 0 Å². The third-order valence-corrected chi connectivity index (χ3v) is 9.86. The summed E-state index contributed by atoms with van der Waals surface area (Å²) in [6, 6.07) is 0.952.